The van der Waals surface area contributed by atoms with Gasteiger partial charge in [-0.05, 0) is 12.1 Å². The summed E-state index contributed by atoms with van der Waals surface area (Å²) in [6.07, 6.45) is 0.506. The fourth-order valence-electron chi connectivity index (χ4n) is 0.636. The first kappa shape index (κ1) is 11.2. The fourth-order valence-corrected chi connectivity index (χ4v) is 0.636. The lowest BCUT2D eigenvalue weighted by Crippen LogP contribution is -2.01. The largest absolute Gasteiger partial charge is 0.477 e. The van der Waals surface area contributed by atoms with Crippen LogP contribution in [0.15, 0.2) is 18.2 Å². The minimum Gasteiger partial charge on any atom is -0.477 e. The Morgan fingerprint density at radius 3 is 2.54 bits per heavy atom. The van der Waals surface area contributed by atoms with Gasteiger partial charge in [-0.3, -0.25) is 4.79 Å². The second-order valence-electron chi connectivity index (χ2n) is 1.87. The molecule has 0 saturated carbocycles. The molecule has 5 nitrogen and oxygen atoms in total. The van der Waals surface area contributed by atoms with E-state index in [0.29, 0.717) is 6.29 Å². The van der Waals surface area contributed by atoms with Crippen LogP contribution in [0.25, 0.3) is 0 Å². The van der Waals surface area contributed by atoms with Gasteiger partial charge in [0.2, 0.25) is 0 Å². The van der Waals surface area contributed by atoms with Crippen molar-refractivity contribution in [3.63, 3.8) is 0 Å². The lowest BCUT2D eigenvalue weighted by Gasteiger charge is -1.92. The van der Waals surface area contributed by atoms with E-state index in [1.54, 1.807) is 0 Å². The number of carboxylic acids is 1. The molecule has 0 unspecified atom stereocenters. The third-order valence-electron chi connectivity index (χ3n) is 1.11. The highest BCUT2D eigenvalue weighted by Gasteiger charge is 2.03. The zero-order valence-electron chi connectivity index (χ0n) is 6.97. The molecule has 5 heteroatoms. The molecule has 0 spiro atoms. The normalized spacial score (nSPS) is 8.15. The second-order valence-corrected chi connectivity index (χ2v) is 1.87. The summed E-state index contributed by atoms with van der Waals surface area (Å²) in [5.41, 5.74) is 0.0134. The van der Waals surface area contributed by atoms with Crippen LogP contribution < -0.4 is 0 Å². The molecule has 0 atom stereocenters. The van der Waals surface area contributed by atoms with Crippen molar-refractivity contribution in [1.29, 1.82) is 0 Å². The molecule has 70 valence electrons. The SMILES string of the molecule is CO.O=Cc1cccc(C(=O)O)n1. The molecule has 0 bridgehead atoms. The molecule has 0 saturated heterocycles. The van der Waals surface area contributed by atoms with E-state index in [-0.39, 0.29) is 11.4 Å². The third-order valence-corrected chi connectivity index (χ3v) is 1.11. The van der Waals surface area contributed by atoms with Gasteiger partial charge in [-0.15, -0.1) is 0 Å². The maximum atomic E-state index is 10.3. The van der Waals surface area contributed by atoms with E-state index >= 15 is 0 Å². The van der Waals surface area contributed by atoms with Crippen LogP contribution in [-0.2, 0) is 0 Å². The minimum atomic E-state index is -1.13. The predicted molar refractivity (Wildman–Crippen MR) is 44.7 cm³/mol. The van der Waals surface area contributed by atoms with Crippen molar-refractivity contribution in [2.75, 3.05) is 7.11 Å². The van der Waals surface area contributed by atoms with Crippen molar-refractivity contribution in [3.05, 3.63) is 29.6 Å². The molecule has 0 aromatic carbocycles. The lowest BCUT2D eigenvalue weighted by molar-refractivity contribution is 0.0690. The number of carbonyl (C=O) groups excluding carboxylic acids is 1. The fraction of sp³-hybridized carbons (Fsp3) is 0.125. The van der Waals surface area contributed by atoms with Crippen molar-refractivity contribution < 1.29 is 19.8 Å². The lowest BCUT2D eigenvalue weighted by atomic mass is 10.3. The molecular formula is C8H9NO4. The summed E-state index contributed by atoms with van der Waals surface area (Å²) in [5, 5.41) is 15.4. The first-order chi connectivity index (χ1) is 6.24. The van der Waals surface area contributed by atoms with Crippen molar-refractivity contribution in [2.24, 2.45) is 0 Å². The Morgan fingerprint density at radius 2 is 2.08 bits per heavy atom. The molecule has 0 aliphatic carbocycles. The monoisotopic (exact) mass is 183 g/mol. The number of aliphatic hydroxyl groups is 1. The number of carbonyl (C=O) groups is 2. The minimum absolute atomic E-state index is 0.116. The highest BCUT2D eigenvalue weighted by molar-refractivity contribution is 5.86. The van der Waals surface area contributed by atoms with Gasteiger partial charge in [0.05, 0.1) is 0 Å². The smallest absolute Gasteiger partial charge is 0.354 e. The van der Waals surface area contributed by atoms with Gasteiger partial charge in [-0.25, -0.2) is 9.78 Å². The molecule has 2 N–H and O–H groups in total. The maximum absolute atomic E-state index is 10.3. The van der Waals surface area contributed by atoms with E-state index in [9.17, 15) is 9.59 Å². The first-order valence-corrected chi connectivity index (χ1v) is 3.34. The number of aldehydes is 1. The van der Waals surface area contributed by atoms with E-state index in [0.717, 1.165) is 7.11 Å². The number of aromatic carboxylic acids is 1. The van der Waals surface area contributed by atoms with Gasteiger partial charge in [0.1, 0.15) is 11.4 Å². The Morgan fingerprint density at radius 1 is 1.46 bits per heavy atom. The molecule has 0 aliphatic heterocycles. The zero-order chi connectivity index (χ0) is 10.3. The molecule has 1 aromatic heterocycles. The van der Waals surface area contributed by atoms with Gasteiger partial charge in [0.15, 0.2) is 6.29 Å². The summed E-state index contributed by atoms with van der Waals surface area (Å²) < 4.78 is 0. The van der Waals surface area contributed by atoms with Gasteiger partial charge < -0.3 is 10.2 Å². The quantitative estimate of drug-likeness (QED) is 0.639. The molecule has 0 fully saturated rings. The number of hydrogen-bond acceptors (Lipinski definition) is 4. The van der Waals surface area contributed by atoms with Gasteiger partial charge in [0, 0.05) is 7.11 Å². The molecule has 0 amide bonds. The second kappa shape index (κ2) is 5.84. The van der Waals surface area contributed by atoms with Gasteiger partial charge in [-0.2, -0.15) is 0 Å². The van der Waals surface area contributed by atoms with Crippen molar-refractivity contribution in [3.8, 4) is 0 Å². The molecule has 1 aromatic rings. The van der Waals surface area contributed by atoms with Crippen molar-refractivity contribution in [2.45, 2.75) is 0 Å². The number of nitrogens with zero attached hydrogens (tertiary/aromatic N) is 1. The van der Waals surface area contributed by atoms with Gasteiger partial charge in [-0.1, -0.05) is 6.07 Å². The summed E-state index contributed by atoms with van der Waals surface area (Å²) in [7, 11) is 1.00. The Hall–Kier alpha value is -1.75. The number of pyridine rings is 1. The summed E-state index contributed by atoms with van der Waals surface area (Å²) in [5.74, 6) is -1.13. The Kier molecular flexibility index (Phi) is 5.06. The highest BCUT2D eigenvalue weighted by Crippen LogP contribution is 1.96. The summed E-state index contributed by atoms with van der Waals surface area (Å²) in [6, 6.07) is 4.24. The number of hydrogen-bond donors (Lipinski definition) is 2. The van der Waals surface area contributed by atoms with Crippen LogP contribution in [0.4, 0.5) is 0 Å². The van der Waals surface area contributed by atoms with Crippen LogP contribution >= 0.6 is 0 Å². The van der Waals surface area contributed by atoms with E-state index < -0.39 is 5.97 Å². The number of carboxylic acid groups (broad SMARTS) is 1. The summed E-state index contributed by atoms with van der Waals surface area (Å²) in [4.78, 5) is 23.9. The molecule has 1 heterocycles. The molecule has 0 radical (unpaired) electrons. The predicted octanol–water partition coefficient (Wildman–Crippen LogP) is 0.201. The third kappa shape index (κ3) is 3.44. The van der Waals surface area contributed by atoms with Gasteiger partial charge >= 0.3 is 5.97 Å². The van der Waals surface area contributed by atoms with Crippen LogP contribution in [0, 0.1) is 0 Å². The summed E-state index contributed by atoms with van der Waals surface area (Å²) >= 11 is 0. The van der Waals surface area contributed by atoms with Crippen LogP contribution in [0.1, 0.15) is 21.0 Å². The molecule has 1 rings (SSSR count). The Bertz CT molecular complexity index is 298. The average Bonchev–Trinajstić information content (AvgIpc) is 2.21. The standard InChI is InChI=1S/C7H5NO3.CH4O/c9-4-5-2-1-3-6(8-5)7(10)11;1-2/h1-4H,(H,10,11);2H,1H3. The number of aliphatic hydroxyl groups excluding tert-OH is 1. The zero-order valence-corrected chi connectivity index (χ0v) is 6.97. The number of aromatic nitrogens is 1. The van der Waals surface area contributed by atoms with E-state index in [1.165, 1.54) is 18.2 Å². The van der Waals surface area contributed by atoms with E-state index in [2.05, 4.69) is 4.98 Å². The molecular weight excluding hydrogens is 174 g/mol. The molecule has 0 aliphatic rings. The average molecular weight is 183 g/mol. The van der Waals surface area contributed by atoms with Crippen LogP contribution in [0.3, 0.4) is 0 Å². The van der Waals surface area contributed by atoms with Crippen LogP contribution in [-0.4, -0.2) is 34.6 Å². The topological polar surface area (TPSA) is 87.5 Å². The molecule has 13 heavy (non-hydrogen) atoms. The Balaban J connectivity index is 0.000000671. The van der Waals surface area contributed by atoms with Crippen LogP contribution in [0.5, 0.6) is 0 Å². The van der Waals surface area contributed by atoms with Crippen molar-refractivity contribution in [1.82, 2.24) is 4.98 Å². The summed E-state index contributed by atoms with van der Waals surface area (Å²) in [6.45, 7) is 0. The first-order valence-electron chi connectivity index (χ1n) is 3.34. The van der Waals surface area contributed by atoms with E-state index in [4.69, 9.17) is 10.2 Å². The number of rotatable bonds is 2. The van der Waals surface area contributed by atoms with E-state index in [1.807, 2.05) is 0 Å². The van der Waals surface area contributed by atoms with Crippen LogP contribution in [0.2, 0.25) is 0 Å². The Labute approximate surface area is 74.7 Å². The van der Waals surface area contributed by atoms with Gasteiger partial charge in [0.25, 0.3) is 0 Å². The van der Waals surface area contributed by atoms with Crippen molar-refractivity contribution >= 4 is 12.3 Å². The maximum Gasteiger partial charge on any atom is 0.354 e. The highest BCUT2D eigenvalue weighted by atomic mass is 16.4.